The van der Waals surface area contributed by atoms with Crippen molar-refractivity contribution in [2.45, 2.75) is 4.90 Å². The van der Waals surface area contributed by atoms with Crippen molar-refractivity contribution in [1.82, 2.24) is 4.89 Å². The van der Waals surface area contributed by atoms with Crippen molar-refractivity contribution in [3.63, 3.8) is 0 Å². The molecule has 0 aliphatic rings. The van der Waals surface area contributed by atoms with E-state index in [1.54, 1.807) is 17.0 Å². The Labute approximate surface area is 131 Å². The Morgan fingerprint density at radius 2 is 1.62 bits per heavy atom. The zero-order chi connectivity index (χ0) is 15.5. The molecule has 0 fully saturated rings. The van der Waals surface area contributed by atoms with E-state index in [1.165, 1.54) is 36.4 Å². The van der Waals surface area contributed by atoms with Crippen LogP contribution in [-0.4, -0.2) is 14.4 Å². The van der Waals surface area contributed by atoms with Crippen LogP contribution in [0.15, 0.2) is 53.4 Å². The summed E-state index contributed by atoms with van der Waals surface area (Å²) >= 11 is 11.5. The molecule has 0 aliphatic carbocycles. The number of benzene rings is 2. The summed E-state index contributed by atoms with van der Waals surface area (Å²) in [7, 11) is -3.99. The van der Waals surface area contributed by atoms with Crippen molar-refractivity contribution < 1.29 is 18.0 Å². The highest BCUT2D eigenvalue weighted by Gasteiger charge is 2.18. The molecule has 0 heterocycles. The highest BCUT2D eigenvalue weighted by Crippen LogP contribution is 2.17. The van der Waals surface area contributed by atoms with Gasteiger partial charge >= 0.3 is 5.97 Å². The number of carbonyl (C=O) groups excluding carboxylic acids is 1. The van der Waals surface area contributed by atoms with Crippen LogP contribution in [0.1, 0.15) is 10.4 Å². The van der Waals surface area contributed by atoms with Crippen LogP contribution in [0.2, 0.25) is 10.0 Å². The summed E-state index contributed by atoms with van der Waals surface area (Å²) in [4.78, 5) is 18.0. The fraction of sp³-hybridized carbons (Fsp3) is 0. The van der Waals surface area contributed by atoms with Gasteiger partial charge in [-0.1, -0.05) is 35.3 Å². The second-order valence-corrected chi connectivity index (χ2v) is 6.40. The Morgan fingerprint density at radius 1 is 1.00 bits per heavy atom. The van der Waals surface area contributed by atoms with Crippen molar-refractivity contribution in [2.24, 2.45) is 0 Å². The van der Waals surface area contributed by atoms with E-state index < -0.39 is 16.0 Å². The minimum absolute atomic E-state index is 0.0537. The molecule has 0 atom stereocenters. The van der Waals surface area contributed by atoms with Gasteiger partial charge in [-0.25, -0.2) is 13.2 Å². The zero-order valence-corrected chi connectivity index (χ0v) is 12.7. The van der Waals surface area contributed by atoms with Gasteiger partial charge < -0.3 is 4.84 Å². The van der Waals surface area contributed by atoms with E-state index >= 15 is 0 Å². The van der Waals surface area contributed by atoms with E-state index in [9.17, 15) is 13.2 Å². The number of rotatable bonds is 4. The predicted molar refractivity (Wildman–Crippen MR) is 78.6 cm³/mol. The van der Waals surface area contributed by atoms with Gasteiger partial charge in [0.15, 0.2) is 0 Å². The highest BCUT2D eigenvalue weighted by molar-refractivity contribution is 7.89. The lowest BCUT2D eigenvalue weighted by Gasteiger charge is -2.07. The standard InChI is InChI=1S/C13H9Cl2NO4S/c14-9-5-7-10(8-6-9)21(18,19)16-20-13(17)11-3-1-2-4-12(11)15/h1-8,16H. The van der Waals surface area contributed by atoms with E-state index in [0.29, 0.717) is 5.02 Å². The van der Waals surface area contributed by atoms with Crippen molar-refractivity contribution in [3.8, 4) is 0 Å². The summed E-state index contributed by atoms with van der Waals surface area (Å²) in [6.45, 7) is 0. The van der Waals surface area contributed by atoms with E-state index in [4.69, 9.17) is 23.2 Å². The van der Waals surface area contributed by atoms with Gasteiger partial charge in [-0.2, -0.15) is 0 Å². The maximum absolute atomic E-state index is 11.9. The Morgan fingerprint density at radius 3 is 2.24 bits per heavy atom. The molecule has 21 heavy (non-hydrogen) atoms. The Balaban J connectivity index is 2.10. The van der Waals surface area contributed by atoms with Gasteiger partial charge in [0, 0.05) is 5.02 Å². The first-order chi connectivity index (χ1) is 9.90. The molecule has 110 valence electrons. The van der Waals surface area contributed by atoms with Gasteiger partial charge in [-0.3, -0.25) is 0 Å². The number of halogens is 2. The average molecular weight is 346 g/mol. The molecule has 2 rings (SSSR count). The van der Waals surface area contributed by atoms with Gasteiger partial charge in [0.25, 0.3) is 10.0 Å². The highest BCUT2D eigenvalue weighted by atomic mass is 35.5. The van der Waals surface area contributed by atoms with E-state index in [1.807, 2.05) is 0 Å². The Bertz CT molecular complexity index is 760. The summed E-state index contributed by atoms with van der Waals surface area (Å²) < 4.78 is 23.8. The van der Waals surface area contributed by atoms with Crippen LogP contribution in [0.4, 0.5) is 0 Å². The van der Waals surface area contributed by atoms with Crippen LogP contribution in [0.5, 0.6) is 0 Å². The molecular weight excluding hydrogens is 337 g/mol. The first-order valence-corrected chi connectivity index (χ1v) is 7.87. The normalized spacial score (nSPS) is 11.1. The third-order valence-corrected chi connectivity index (χ3v) is 4.24. The predicted octanol–water partition coefficient (Wildman–Crippen LogP) is 3.04. The SMILES string of the molecule is O=C(ONS(=O)(=O)c1ccc(Cl)cc1)c1ccccc1Cl. The lowest BCUT2D eigenvalue weighted by molar-refractivity contribution is 0.0407. The first-order valence-electron chi connectivity index (χ1n) is 5.63. The minimum atomic E-state index is -3.99. The second-order valence-electron chi connectivity index (χ2n) is 3.91. The lowest BCUT2D eigenvalue weighted by Crippen LogP contribution is -2.27. The van der Waals surface area contributed by atoms with Crippen molar-refractivity contribution >= 4 is 39.2 Å². The van der Waals surface area contributed by atoms with Crippen LogP contribution in [-0.2, 0) is 14.9 Å². The molecule has 5 nitrogen and oxygen atoms in total. The largest absolute Gasteiger partial charge is 0.359 e. The molecule has 2 aromatic carbocycles. The number of hydrogen-bond donors (Lipinski definition) is 1. The maximum atomic E-state index is 11.9. The zero-order valence-electron chi connectivity index (χ0n) is 10.4. The number of sulfonamides is 1. The van der Waals surface area contributed by atoms with Gasteiger partial charge in [0.1, 0.15) is 0 Å². The van der Waals surface area contributed by atoms with Crippen LogP contribution < -0.4 is 4.89 Å². The lowest BCUT2D eigenvalue weighted by atomic mass is 10.2. The minimum Gasteiger partial charge on any atom is -0.351 e. The van der Waals surface area contributed by atoms with Crippen LogP contribution in [0.3, 0.4) is 0 Å². The molecule has 0 bridgehead atoms. The maximum Gasteiger partial charge on any atom is 0.359 e. The summed E-state index contributed by atoms with van der Waals surface area (Å²) in [5.41, 5.74) is 0.0537. The van der Waals surface area contributed by atoms with Gasteiger partial charge in [0.05, 0.1) is 15.5 Å². The topological polar surface area (TPSA) is 72.5 Å². The smallest absolute Gasteiger partial charge is 0.351 e. The van der Waals surface area contributed by atoms with Gasteiger partial charge in [0.2, 0.25) is 0 Å². The molecule has 0 aromatic heterocycles. The second kappa shape index (κ2) is 6.44. The average Bonchev–Trinajstić information content (AvgIpc) is 2.46. The summed E-state index contributed by atoms with van der Waals surface area (Å²) in [6, 6.07) is 11.5. The van der Waals surface area contributed by atoms with E-state index in [0.717, 1.165) is 0 Å². The molecular formula is C13H9Cl2NO4S. The Hall–Kier alpha value is -1.60. The molecule has 0 amide bonds. The van der Waals surface area contributed by atoms with Crippen LogP contribution in [0, 0.1) is 0 Å². The van der Waals surface area contributed by atoms with Crippen molar-refractivity contribution in [2.75, 3.05) is 0 Å². The first kappa shape index (κ1) is 15.8. The molecule has 1 N–H and O–H groups in total. The van der Waals surface area contributed by atoms with E-state index in [2.05, 4.69) is 4.84 Å². The van der Waals surface area contributed by atoms with Crippen LogP contribution >= 0.6 is 23.2 Å². The fourth-order valence-electron chi connectivity index (χ4n) is 1.44. The van der Waals surface area contributed by atoms with Gasteiger partial charge in [-0.05, 0) is 41.3 Å². The quantitative estimate of drug-likeness (QED) is 0.864. The van der Waals surface area contributed by atoms with Gasteiger partial charge in [-0.15, -0.1) is 0 Å². The van der Waals surface area contributed by atoms with Crippen molar-refractivity contribution in [1.29, 1.82) is 0 Å². The molecule has 0 radical (unpaired) electrons. The fourth-order valence-corrected chi connectivity index (χ4v) is 2.55. The third kappa shape index (κ3) is 3.95. The summed E-state index contributed by atoms with van der Waals surface area (Å²) in [5, 5.41) is 0.551. The summed E-state index contributed by atoms with van der Waals surface area (Å²) in [5.74, 6) is -0.905. The molecule has 8 heteroatoms. The third-order valence-electron chi connectivity index (χ3n) is 2.46. The molecule has 0 spiro atoms. The molecule has 0 saturated heterocycles. The van der Waals surface area contributed by atoms with Crippen molar-refractivity contribution in [3.05, 3.63) is 64.1 Å². The summed E-state index contributed by atoms with van der Waals surface area (Å²) in [6.07, 6.45) is 0. The molecule has 0 unspecified atom stereocenters. The number of hydrogen-bond acceptors (Lipinski definition) is 4. The van der Waals surface area contributed by atoms with E-state index in [-0.39, 0.29) is 15.5 Å². The monoisotopic (exact) mass is 345 g/mol. The Kier molecular flexibility index (Phi) is 4.84. The molecule has 2 aromatic rings. The molecule has 0 aliphatic heterocycles. The number of nitrogens with one attached hydrogen (secondary N) is 1. The molecule has 0 saturated carbocycles. The number of carbonyl (C=O) groups is 1. The van der Waals surface area contributed by atoms with Crippen LogP contribution in [0.25, 0.3) is 0 Å².